The van der Waals surface area contributed by atoms with Crippen molar-refractivity contribution in [3.63, 3.8) is 0 Å². The number of carboxylic acid groups (broad SMARTS) is 1. The zero-order valence-electron chi connectivity index (χ0n) is 11.9. The van der Waals surface area contributed by atoms with E-state index in [-0.39, 0.29) is 5.91 Å². The highest BCUT2D eigenvalue weighted by Gasteiger charge is 2.27. The predicted molar refractivity (Wildman–Crippen MR) is 71.1 cm³/mol. The van der Waals surface area contributed by atoms with Crippen LogP contribution < -0.4 is 0 Å². The number of likely N-dealkylation sites (N-methyl/N-ethyl adjacent to an activating group) is 1. The number of hydrogen-bond donors (Lipinski definition) is 1. The molecule has 19 heavy (non-hydrogen) atoms. The van der Waals surface area contributed by atoms with Crippen molar-refractivity contribution < 1.29 is 14.7 Å². The summed E-state index contributed by atoms with van der Waals surface area (Å²) >= 11 is 0. The van der Waals surface area contributed by atoms with Gasteiger partial charge in [-0.05, 0) is 25.8 Å². The summed E-state index contributed by atoms with van der Waals surface area (Å²) in [5.41, 5.74) is 1.28. The first-order valence-corrected chi connectivity index (χ1v) is 6.52. The van der Waals surface area contributed by atoms with Crippen molar-refractivity contribution in [1.29, 1.82) is 0 Å². The van der Waals surface area contributed by atoms with Crippen molar-refractivity contribution in [2.24, 2.45) is 0 Å². The standard InChI is InChI=1S/C13H21N3O3/c1-5-9-8-11(16(7-3)14-9)12(17)15(4)10(6-2)13(18)19/h8,10H,5-7H2,1-4H3,(H,18,19). The molecule has 1 aromatic heterocycles. The van der Waals surface area contributed by atoms with Gasteiger partial charge < -0.3 is 10.0 Å². The van der Waals surface area contributed by atoms with E-state index >= 15 is 0 Å². The Morgan fingerprint density at radius 2 is 2.05 bits per heavy atom. The van der Waals surface area contributed by atoms with E-state index in [1.165, 1.54) is 11.9 Å². The number of rotatable bonds is 6. The molecule has 1 atom stereocenters. The lowest BCUT2D eigenvalue weighted by Crippen LogP contribution is -2.42. The van der Waals surface area contributed by atoms with Crippen LogP contribution in [-0.2, 0) is 17.8 Å². The third-order valence-electron chi connectivity index (χ3n) is 3.17. The molecule has 0 bridgehead atoms. The van der Waals surface area contributed by atoms with Crippen LogP contribution in [0.2, 0.25) is 0 Å². The van der Waals surface area contributed by atoms with Crippen LogP contribution in [0.4, 0.5) is 0 Å². The first-order valence-electron chi connectivity index (χ1n) is 6.52. The van der Waals surface area contributed by atoms with Gasteiger partial charge in [0.2, 0.25) is 0 Å². The normalized spacial score (nSPS) is 12.2. The van der Waals surface area contributed by atoms with Gasteiger partial charge in [-0.25, -0.2) is 4.79 Å². The molecule has 0 aliphatic rings. The molecule has 0 fully saturated rings. The fourth-order valence-corrected chi connectivity index (χ4v) is 1.99. The Kier molecular flexibility index (Phi) is 5.09. The molecule has 0 aliphatic heterocycles. The molecule has 1 heterocycles. The van der Waals surface area contributed by atoms with Gasteiger partial charge in [0.15, 0.2) is 0 Å². The summed E-state index contributed by atoms with van der Waals surface area (Å²) in [4.78, 5) is 24.7. The lowest BCUT2D eigenvalue weighted by molar-refractivity contribution is -0.142. The number of aryl methyl sites for hydroxylation is 2. The molecule has 0 spiro atoms. The smallest absolute Gasteiger partial charge is 0.326 e. The molecule has 1 unspecified atom stereocenters. The Bertz CT molecular complexity index is 468. The van der Waals surface area contributed by atoms with Gasteiger partial charge in [0.1, 0.15) is 11.7 Å². The quantitative estimate of drug-likeness (QED) is 0.845. The topological polar surface area (TPSA) is 75.4 Å². The fourth-order valence-electron chi connectivity index (χ4n) is 1.99. The monoisotopic (exact) mass is 267 g/mol. The summed E-state index contributed by atoms with van der Waals surface area (Å²) in [6, 6.07) is 0.925. The predicted octanol–water partition coefficient (Wildman–Crippen LogP) is 1.40. The van der Waals surface area contributed by atoms with Crippen LogP contribution in [0.5, 0.6) is 0 Å². The van der Waals surface area contributed by atoms with Crippen molar-refractivity contribution in [3.05, 3.63) is 17.5 Å². The van der Waals surface area contributed by atoms with Gasteiger partial charge in [-0.1, -0.05) is 13.8 Å². The SMILES string of the molecule is CCc1cc(C(=O)N(C)C(CC)C(=O)O)n(CC)n1. The van der Waals surface area contributed by atoms with E-state index in [1.54, 1.807) is 17.7 Å². The van der Waals surface area contributed by atoms with Gasteiger partial charge >= 0.3 is 5.97 Å². The van der Waals surface area contributed by atoms with Crippen LogP contribution in [0.3, 0.4) is 0 Å². The van der Waals surface area contributed by atoms with E-state index < -0.39 is 12.0 Å². The second-order valence-corrected chi connectivity index (χ2v) is 4.37. The van der Waals surface area contributed by atoms with Crippen molar-refractivity contribution in [2.45, 2.75) is 46.2 Å². The van der Waals surface area contributed by atoms with Gasteiger partial charge in [-0.2, -0.15) is 5.10 Å². The van der Waals surface area contributed by atoms with Crippen molar-refractivity contribution in [1.82, 2.24) is 14.7 Å². The van der Waals surface area contributed by atoms with E-state index in [0.717, 1.165) is 12.1 Å². The van der Waals surface area contributed by atoms with E-state index in [4.69, 9.17) is 5.11 Å². The summed E-state index contributed by atoms with van der Waals surface area (Å²) in [5, 5.41) is 13.4. The zero-order chi connectivity index (χ0) is 14.6. The van der Waals surface area contributed by atoms with Crippen LogP contribution in [-0.4, -0.2) is 44.8 Å². The van der Waals surface area contributed by atoms with Crippen LogP contribution in [0.1, 0.15) is 43.4 Å². The minimum Gasteiger partial charge on any atom is -0.480 e. The lowest BCUT2D eigenvalue weighted by Gasteiger charge is -2.23. The number of amides is 1. The van der Waals surface area contributed by atoms with Crippen LogP contribution in [0.25, 0.3) is 0 Å². The minimum atomic E-state index is -0.989. The number of hydrogen-bond acceptors (Lipinski definition) is 3. The van der Waals surface area contributed by atoms with Gasteiger partial charge in [0.25, 0.3) is 5.91 Å². The van der Waals surface area contributed by atoms with Crippen LogP contribution >= 0.6 is 0 Å². The van der Waals surface area contributed by atoms with Gasteiger partial charge in [-0.3, -0.25) is 9.48 Å². The first kappa shape index (κ1) is 15.2. The highest BCUT2D eigenvalue weighted by Crippen LogP contribution is 2.12. The summed E-state index contributed by atoms with van der Waals surface area (Å²) < 4.78 is 1.62. The number of carbonyl (C=O) groups is 2. The third kappa shape index (κ3) is 3.13. The molecule has 0 aliphatic carbocycles. The molecular weight excluding hydrogens is 246 g/mol. The summed E-state index contributed by atoms with van der Waals surface area (Å²) in [5.74, 6) is -1.29. The summed E-state index contributed by atoms with van der Waals surface area (Å²) in [6.07, 6.45) is 1.12. The molecule has 106 valence electrons. The summed E-state index contributed by atoms with van der Waals surface area (Å²) in [6.45, 7) is 6.19. The average Bonchev–Trinajstić information content (AvgIpc) is 2.81. The van der Waals surface area contributed by atoms with Gasteiger partial charge in [0.05, 0.1) is 5.69 Å². The fraction of sp³-hybridized carbons (Fsp3) is 0.615. The molecule has 1 N–H and O–H groups in total. The number of carboxylic acids is 1. The molecular formula is C13H21N3O3. The minimum absolute atomic E-state index is 0.302. The van der Waals surface area contributed by atoms with E-state index in [0.29, 0.717) is 18.7 Å². The largest absolute Gasteiger partial charge is 0.480 e. The molecule has 6 nitrogen and oxygen atoms in total. The molecule has 1 aromatic rings. The average molecular weight is 267 g/mol. The van der Waals surface area contributed by atoms with E-state index in [2.05, 4.69) is 5.10 Å². The molecule has 1 amide bonds. The number of aliphatic carboxylic acids is 1. The van der Waals surface area contributed by atoms with Crippen molar-refractivity contribution in [2.75, 3.05) is 7.05 Å². The molecule has 0 radical (unpaired) electrons. The van der Waals surface area contributed by atoms with Gasteiger partial charge in [-0.15, -0.1) is 0 Å². The Balaban J connectivity index is 3.05. The Labute approximate surface area is 113 Å². The number of nitrogens with zero attached hydrogens (tertiary/aromatic N) is 3. The van der Waals surface area contributed by atoms with E-state index in [1.807, 2.05) is 13.8 Å². The Morgan fingerprint density at radius 1 is 1.42 bits per heavy atom. The molecule has 6 heteroatoms. The van der Waals surface area contributed by atoms with Crippen LogP contribution in [0.15, 0.2) is 6.07 Å². The molecule has 0 saturated carbocycles. The third-order valence-corrected chi connectivity index (χ3v) is 3.17. The number of aromatic nitrogens is 2. The highest BCUT2D eigenvalue weighted by atomic mass is 16.4. The van der Waals surface area contributed by atoms with Crippen molar-refractivity contribution in [3.8, 4) is 0 Å². The Hall–Kier alpha value is -1.85. The molecule has 0 aromatic carbocycles. The maximum absolute atomic E-state index is 12.4. The molecule has 0 saturated heterocycles. The summed E-state index contributed by atoms with van der Waals surface area (Å²) in [7, 11) is 1.52. The maximum atomic E-state index is 12.4. The van der Waals surface area contributed by atoms with Crippen LogP contribution in [0, 0.1) is 0 Å². The van der Waals surface area contributed by atoms with Gasteiger partial charge in [0, 0.05) is 13.6 Å². The number of carbonyl (C=O) groups excluding carboxylic acids is 1. The Morgan fingerprint density at radius 3 is 2.47 bits per heavy atom. The second-order valence-electron chi connectivity index (χ2n) is 4.37. The molecule has 1 rings (SSSR count). The second kappa shape index (κ2) is 6.36. The maximum Gasteiger partial charge on any atom is 0.326 e. The van der Waals surface area contributed by atoms with Crippen molar-refractivity contribution >= 4 is 11.9 Å². The lowest BCUT2D eigenvalue weighted by atomic mass is 10.2. The highest BCUT2D eigenvalue weighted by molar-refractivity contribution is 5.95. The zero-order valence-corrected chi connectivity index (χ0v) is 11.9. The van der Waals surface area contributed by atoms with E-state index in [9.17, 15) is 9.59 Å². The first-order chi connectivity index (χ1) is 8.96.